The quantitative estimate of drug-likeness (QED) is 0.622. The Morgan fingerprint density at radius 2 is 2.29 bits per heavy atom. The first-order valence-corrected chi connectivity index (χ1v) is 4.64. The summed E-state index contributed by atoms with van der Waals surface area (Å²) in [7, 11) is 1.38. The first-order chi connectivity index (χ1) is 6.57. The molecule has 0 aromatic carbocycles. The summed E-state index contributed by atoms with van der Waals surface area (Å²) < 4.78 is 9.60. The van der Waals surface area contributed by atoms with Gasteiger partial charge in [0.2, 0.25) is 0 Å². The average Bonchev–Trinajstić information content (AvgIpc) is 2.37. The summed E-state index contributed by atoms with van der Waals surface area (Å²) in [6.45, 7) is 1.84. The summed E-state index contributed by atoms with van der Waals surface area (Å²) in [5.41, 5.74) is -0.323. The number of esters is 1. The predicted octanol–water partition coefficient (Wildman–Crippen LogP) is 0.437. The van der Waals surface area contributed by atoms with Gasteiger partial charge in [-0.3, -0.25) is 4.79 Å². The molecule has 1 N–H and O–H groups in total. The summed E-state index contributed by atoms with van der Waals surface area (Å²) in [5, 5.41) is 2.76. The van der Waals surface area contributed by atoms with Crippen molar-refractivity contribution in [3.63, 3.8) is 0 Å². The van der Waals surface area contributed by atoms with Crippen molar-refractivity contribution >= 4 is 12.1 Å². The normalized spacial score (nSPS) is 40.0. The molecule has 0 radical (unpaired) electrons. The molecule has 2 fully saturated rings. The van der Waals surface area contributed by atoms with Crippen LogP contribution in [0, 0.1) is 5.92 Å². The fourth-order valence-corrected chi connectivity index (χ4v) is 2.19. The lowest BCUT2D eigenvalue weighted by Crippen LogP contribution is -2.59. The zero-order valence-electron chi connectivity index (χ0n) is 8.20. The summed E-state index contributed by atoms with van der Waals surface area (Å²) in [4.78, 5) is 22.1. The van der Waals surface area contributed by atoms with Crippen molar-refractivity contribution in [1.82, 2.24) is 5.32 Å². The van der Waals surface area contributed by atoms with Crippen LogP contribution in [0.3, 0.4) is 0 Å². The minimum Gasteiger partial charge on any atom is -0.469 e. The highest BCUT2D eigenvalue weighted by Crippen LogP contribution is 2.44. The zero-order valence-corrected chi connectivity index (χ0v) is 8.20. The van der Waals surface area contributed by atoms with Gasteiger partial charge in [0.1, 0.15) is 6.10 Å². The number of amides is 1. The highest BCUT2D eigenvalue weighted by molar-refractivity contribution is 5.77. The molecule has 1 unspecified atom stereocenters. The summed E-state index contributed by atoms with van der Waals surface area (Å²) >= 11 is 0. The van der Waals surface area contributed by atoms with E-state index in [9.17, 15) is 9.59 Å². The summed E-state index contributed by atoms with van der Waals surface area (Å²) in [5.74, 6) is -0.298. The van der Waals surface area contributed by atoms with Gasteiger partial charge in [-0.15, -0.1) is 0 Å². The van der Waals surface area contributed by atoms with E-state index in [1.54, 1.807) is 0 Å². The molecule has 78 valence electrons. The molecule has 1 aliphatic carbocycles. The Labute approximate surface area is 81.7 Å². The van der Waals surface area contributed by atoms with Crippen LogP contribution in [0.1, 0.15) is 19.8 Å². The van der Waals surface area contributed by atoms with Gasteiger partial charge < -0.3 is 14.8 Å². The molecule has 0 bridgehead atoms. The molecule has 1 saturated carbocycles. The van der Waals surface area contributed by atoms with Crippen LogP contribution >= 0.6 is 0 Å². The van der Waals surface area contributed by atoms with Crippen LogP contribution in [0.5, 0.6) is 0 Å². The summed E-state index contributed by atoms with van der Waals surface area (Å²) in [6, 6.07) is 0. The molecular weight excluding hydrogens is 186 g/mol. The van der Waals surface area contributed by atoms with Gasteiger partial charge in [0, 0.05) is 0 Å². The predicted molar refractivity (Wildman–Crippen MR) is 46.5 cm³/mol. The number of hydrogen-bond donors (Lipinski definition) is 1. The smallest absolute Gasteiger partial charge is 0.408 e. The molecule has 1 amide bonds. The average molecular weight is 199 g/mol. The van der Waals surface area contributed by atoms with Crippen molar-refractivity contribution in [2.45, 2.75) is 31.4 Å². The van der Waals surface area contributed by atoms with Crippen molar-refractivity contribution < 1.29 is 19.1 Å². The number of carbonyl (C=O) groups is 2. The van der Waals surface area contributed by atoms with E-state index in [-0.39, 0.29) is 29.6 Å². The fourth-order valence-electron chi connectivity index (χ4n) is 2.19. The van der Waals surface area contributed by atoms with Crippen LogP contribution in [0.25, 0.3) is 0 Å². The second-order valence-electron chi connectivity index (χ2n) is 3.96. The van der Waals surface area contributed by atoms with Crippen LogP contribution in [-0.4, -0.2) is 30.8 Å². The largest absolute Gasteiger partial charge is 0.469 e. The number of hydrogen-bond acceptors (Lipinski definition) is 4. The van der Waals surface area contributed by atoms with E-state index in [1.807, 2.05) is 6.92 Å². The van der Waals surface area contributed by atoms with Gasteiger partial charge in [0.25, 0.3) is 0 Å². The molecule has 14 heavy (non-hydrogen) atoms. The number of nitrogens with one attached hydrogen (secondary N) is 1. The van der Waals surface area contributed by atoms with Crippen LogP contribution in [0.4, 0.5) is 4.79 Å². The Morgan fingerprint density at radius 3 is 2.71 bits per heavy atom. The van der Waals surface area contributed by atoms with Crippen molar-refractivity contribution in [2.75, 3.05) is 7.11 Å². The summed E-state index contributed by atoms with van der Waals surface area (Å²) in [6.07, 6.45) is 0.691. The fraction of sp³-hybridized carbons (Fsp3) is 0.778. The number of cyclic esters (lactones) is 1. The van der Waals surface area contributed by atoms with Gasteiger partial charge in [0.05, 0.1) is 18.6 Å². The van der Waals surface area contributed by atoms with E-state index in [2.05, 4.69) is 10.1 Å². The molecule has 2 rings (SSSR count). The molecule has 1 aliphatic heterocycles. The van der Waals surface area contributed by atoms with E-state index in [4.69, 9.17) is 4.74 Å². The Kier molecular flexibility index (Phi) is 1.90. The molecule has 0 aromatic rings. The SMILES string of the molecule is COC(=O)C1CC2(C1)NC(=O)OC2C. The lowest BCUT2D eigenvalue weighted by molar-refractivity contribution is -0.152. The molecule has 5 heteroatoms. The zero-order chi connectivity index (χ0) is 10.3. The number of carbonyl (C=O) groups excluding carboxylic acids is 2. The maximum Gasteiger partial charge on any atom is 0.408 e. The van der Waals surface area contributed by atoms with Gasteiger partial charge in [-0.1, -0.05) is 0 Å². The van der Waals surface area contributed by atoms with Crippen molar-refractivity contribution in [2.24, 2.45) is 5.92 Å². The molecule has 5 nitrogen and oxygen atoms in total. The molecule has 1 heterocycles. The molecule has 0 aromatic heterocycles. The molecule has 1 spiro atoms. The Balaban J connectivity index is 1.98. The Hall–Kier alpha value is -1.26. The number of ether oxygens (including phenoxy) is 2. The first kappa shape index (κ1) is 9.30. The van der Waals surface area contributed by atoms with Gasteiger partial charge in [-0.2, -0.15) is 0 Å². The first-order valence-electron chi connectivity index (χ1n) is 4.64. The monoisotopic (exact) mass is 199 g/mol. The van der Waals surface area contributed by atoms with E-state index >= 15 is 0 Å². The number of alkyl carbamates (subject to hydrolysis) is 1. The van der Waals surface area contributed by atoms with Crippen molar-refractivity contribution in [3.8, 4) is 0 Å². The minimum absolute atomic E-state index is 0.0931. The lowest BCUT2D eigenvalue weighted by Gasteiger charge is -2.44. The van der Waals surface area contributed by atoms with Gasteiger partial charge >= 0.3 is 12.1 Å². The third-order valence-electron chi connectivity index (χ3n) is 3.17. The van der Waals surface area contributed by atoms with Gasteiger partial charge in [0.15, 0.2) is 0 Å². The third-order valence-corrected chi connectivity index (χ3v) is 3.17. The van der Waals surface area contributed by atoms with Crippen LogP contribution in [-0.2, 0) is 14.3 Å². The maximum absolute atomic E-state index is 11.1. The van der Waals surface area contributed by atoms with Crippen molar-refractivity contribution in [1.29, 1.82) is 0 Å². The van der Waals surface area contributed by atoms with E-state index in [0.29, 0.717) is 12.8 Å². The molecular formula is C9H13NO4. The topological polar surface area (TPSA) is 64.6 Å². The van der Waals surface area contributed by atoms with Crippen LogP contribution in [0.2, 0.25) is 0 Å². The maximum atomic E-state index is 11.1. The Bertz CT molecular complexity index is 283. The third kappa shape index (κ3) is 1.15. The van der Waals surface area contributed by atoms with Gasteiger partial charge in [-0.25, -0.2) is 4.79 Å². The lowest BCUT2D eigenvalue weighted by atomic mass is 9.66. The highest BCUT2D eigenvalue weighted by Gasteiger charge is 2.57. The van der Waals surface area contributed by atoms with E-state index in [0.717, 1.165) is 0 Å². The highest BCUT2D eigenvalue weighted by atomic mass is 16.6. The van der Waals surface area contributed by atoms with Crippen molar-refractivity contribution in [3.05, 3.63) is 0 Å². The van der Waals surface area contributed by atoms with E-state index < -0.39 is 0 Å². The molecule has 2 aliphatic rings. The number of methoxy groups -OCH3 is 1. The Morgan fingerprint density at radius 1 is 1.64 bits per heavy atom. The van der Waals surface area contributed by atoms with Crippen LogP contribution in [0.15, 0.2) is 0 Å². The second kappa shape index (κ2) is 2.87. The molecule has 1 atom stereocenters. The second-order valence-corrected chi connectivity index (χ2v) is 3.96. The van der Waals surface area contributed by atoms with E-state index in [1.165, 1.54) is 7.11 Å². The standard InChI is InChI=1S/C9H13NO4/c1-5-9(10-8(12)14-5)3-6(4-9)7(11)13-2/h5-6H,3-4H2,1-2H3,(H,10,12). The van der Waals surface area contributed by atoms with Gasteiger partial charge in [-0.05, 0) is 19.8 Å². The number of rotatable bonds is 1. The minimum atomic E-state index is -0.388. The van der Waals surface area contributed by atoms with Crippen LogP contribution < -0.4 is 5.32 Å². The molecule has 1 saturated heterocycles.